The van der Waals surface area contributed by atoms with E-state index < -0.39 is 11.0 Å². The quantitative estimate of drug-likeness (QED) is 0.844. The zero-order valence-electron chi connectivity index (χ0n) is 11.8. The fourth-order valence-corrected chi connectivity index (χ4v) is 2.98. The highest BCUT2D eigenvalue weighted by atomic mass is 16.3. The lowest BCUT2D eigenvalue weighted by molar-refractivity contribution is -0.0404. The van der Waals surface area contributed by atoms with E-state index in [0.717, 1.165) is 32.1 Å². The summed E-state index contributed by atoms with van der Waals surface area (Å²) in [5.41, 5.74) is -0.628. The van der Waals surface area contributed by atoms with Crippen LogP contribution >= 0.6 is 0 Å². The minimum Gasteiger partial charge on any atom is -0.376 e. The van der Waals surface area contributed by atoms with Crippen LogP contribution in [0.4, 0.5) is 0 Å². The van der Waals surface area contributed by atoms with E-state index in [1.54, 1.807) is 18.2 Å². The first-order valence-corrected chi connectivity index (χ1v) is 7.30. The van der Waals surface area contributed by atoms with Gasteiger partial charge in [0.25, 0.3) is 0 Å². The van der Waals surface area contributed by atoms with Crippen molar-refractivity contribution in [1.82, 2.24) is 0 Å². The van der Waals surface area contributed by atoms with Gasteiger partial charge in [0.1, 0.15) is 5.60 Å². The van der Waals surface area contributed by atoms with Gasteiger partial charge in [-0.3, -0.25) is 0 Å². The predicted octanol–water partition coefficient (Wildman–Crippen LogP) is 2.74. The van der Waals surface area contributed by atoms with E-state index >= 15 is 0 Å². The van der Waals surface area contributed by atoms with Gasteiger partial charge in [0.15, 0.2) is 0 Å². The lowest BCUT2D eigenvalue weighted by Gasteiger charge is -2.41. The van der Waals surface area contributed by atoms with Gasteiger partial charge in [0.2, 0.25) is 0 Å². The fraction of sp³-hybridized carbons (Fsp3) is 0.444. The Labute approximate surface area is 124 Å². The maximum atomic E-state index is 11.0. The van der Waals surface area contributed by atoms with Crippen LogP contribution in [0.25, 0.3) is 0 Å². The molecule has 0 unspecified atom stereocenters. The van der Waals surface area contributed by atoms with Crippen LogP contribution in [0.15, 0.2) is 24.3 Å². The molecule has 1 aromatic rings. The first-order chi connectivity index (χ1) is 10.1. The molecule has 0 aromatic heterocycles. The molecule has 0 radical (unpaired) electrons. The maximum absolute atomic E-state index is 11.0. The van der Waals surface area contributed by atoms with E-state index in [2.05, 4.69) is 24.0 Å². The van der Waals surface area contributed by atoms with Gasteiger partial charge in [0.05, 0.1) is 23.1 Å². The number of nitrogens with zero attached hydrogens (tertiary/aromatic N) is 2. The second-order valence-corrected chi connectivity index (χ2v) is 6.03. The van der Waals surface area contributed by atoms with Crippen molar-refractivity contribution in [2.45, 2.75) is 37.7 Å². The standard InChI is InChI=1S/C18H16N2O/c19-12-15-4-1-3-14(11-15)7-8-18(21,16-5-2-6-16)17(13-20)9-10-17/h1,3-4,11,16,21H,2,5-6,9-10H2/t18-/m1/s1. The van der Waals surface area contributed by atoms with Gasteiger partial charge in [-0.05, 0) is 43.9 Å². The van der Waals surface area contributed by atoms with E-state index in [4.69, 9.17) is 5.26 Å². The molecule has 0 heterocycles. The van der Waals surface area contributed by atoms with Gasteiger partial charge in [0, 0.05) is 11.5 Å². The van der Waals surface area contributed by atoms with E-state index in [9.17, 15) is 10.4 Å². The molecule has 2 saturated carbocycles. The zero-order chi connectivity index (χ0) is 14.9. The van der Waals surface area contributed by atoms with Crippen molar-refractivity contribution in [3.8, 4) is 24.0 Å². The molecular formula is C18H16N2O. The molecule has 2 aliphatic rings. The van der Waals surface area contributed by atoms with Crippen molar-refractivity contribution < 1.29 is 5.11 Å². The third kappa shape index (κ3) is 2.19. The minimum absolute atomic E-state index is 0.103. The van der Waals surface area contributed by atoms with Crippen molar-refractivity contribution in [2.75, 3.05) is 0 Å². The molecule has 1 aromatic carbocycles. The molecule has 0 aliphatic heterocycles. The molecule has 2 fully saturated rings. The summed E-state index contributed by atoms with van der Waals surface area (Å²) in [6.07, 6.45) is 4.42. The monoisotopic (exact) mass is 276 g/mol. The molecule has 104 valence electrons. The molecule has 0 bridgehead atoms. The Balaban J connectivity index is 1.95. The summed E-state index contributed by atoms with van der Waals surface area (Å²) >= 11 is 0. The van der Waals surface area contributed by atoms with Gasteiger partial charge in [-0.25, -0.2) is 0 Å². The Morgan fingerprint density at radius 2 is 1.90 bits per heavy atom. The average molecular weight is 276 g/mol. The highest BCUT2D eigenvalue weighted by Gasteiger charge is 2.63. The largest absolute Gasteiger partial charge is 0.376 e. The maximum Gasteiger partial charge on any atom is 0.147 e. The summed E-state index contributed by atoms with van der Waals surface area (Å²) in [7, 11) is 0. The van der Waals surface area contributed by atoms with Crippen LogP contribution in [-0.4, -0.2) is 10.7 Å². The Hall–Kier alpha value is -2.28. The SMILES string of the molecule is N#Cc1cccc(C#C[C@@](O)(C2CCC2)C2(C#N)CC2)c1. The summed E-state index contributed by atoms with van der Waals surface area (Å²) in [4.78, 5) is 0. The van der Waals surface area contributed by atoms with Gasteiger partial charge >= 0.3 is 0 Å². The second-order valence-electron chi connectivity index (χ2n) is 6.03. The lowest BCUT2D eigenvalue weighted by atomic mass is 9.66. The second kappa shape index (κ2) is 4.92. The highest BCUT2D eigenvalue weighted by molar-refractivity contribution is 5.44. The minimum atomic E-state index is -1.21. The smallest absolute Gasteiger partial charge is 0.147 e. The normalized spacial score (nSPS) is 21.7. The van der Waals surface area contributed by atoms with Crippen LogP contribution in [0.5, 0.6) is 0 Å². The van der Waals surface area contributed by atoms with Gasteiger partial charge in [-0.1, -0.05) is 24.3 Å². The molecule has 3 nitrogen and oxygen atoms in total. The van der Waals surface area contributed by atoms with Crippen LogP contribution in [0.2, 0.25) is 0 Å². The zero-order valence-corrected chi connectivity index (χ0v) is 11.8. The fourth-order valence-electron chi connectivity index (χ4n) is 2.98. The summed E-state index contributed by atoms with van der Waals surface area (Å²) in [5, 5.41) is 29.4. The van der Waals surface area contributed by atoms with Crippen LogP contribution in [0, 0.1) is 45.8 Å². The number of rotatable bonds is 2. The third-order valence-electron chi connectivity index (χ3n) is 4.78. The Bertz CT molecular complexity index is 705. The highest BCUT2D eigenvalue weighted by Crippen LogP contribution is 2.59. The molecule has 21 heavy (non-hydrogen) atoms. The van der Waals surface area contributed by atoms with Crippen molar-refractivity contribution in [2.24, 2.45) is 11.3 Å². The molecule has 2 aliphatic carbocycles. The molecule has 3 heteroatoms. The van der Waals surface area contributed by atoms with Crippen molar-refractivity contribution in [3.63, 3.8) is 0 Å². The summed E-state index contributed by atoms with van der Waals surface area (Å²) in [5.74, 6) is 6.08. The van der Waals surface area contributed by atoms with Crippen molar-refractivity contribution in [3.05, 3.63) is 35.4 Å². The van der Waals surface area contributed by atoms with E-state index in [1.165, 1.54) is 0 Å². The number of nitriles is 2. The average Bonchev–Trinajstić information content (AvgIpc) is 3.25. The molecule has 1 atom stereocenters. The molecule has 0 spiro atoms. The van der Waals surface area contributed by atoms with Crippen LogP contribution in [-0.2, 0) is 0 Å². The number of hydrogen-bond acceptors (Lipinski definition) is 3. The summed E-state index contributed by atoms with van der Waals surface area (Å²) < 4.78 is 0. The van der Waals surface area contributed by atoms with Crippen molar-refractivity contribution in [1.29, 1.82) is 10.5 Å². The third-order valence-corrected chi connectivity index (χ3v) is 4.78. The molecular weight excluding hydrogens is 260 g/mol. The summed E-state index contributed by atoms with van der Waals surface area (Å²) in [6, 6.07) is 11.4. The Morgan fingerprint density at radius 3 is 2.43 bits per heavy atom. The molecule has 1 N–H and O–H groups in total. The topological polar surface area (TPSA) is 67.8 Å². The van der Waals surface area contributed by atoms with E-state index in [-0.39, 0.29) is 5.92 Å². The molecule has 0 amide bonds. The van der Waals surface area contributed by atoms with Gasteiger partial charge < -0.3 is 5.11 Å². The van der Waals surface area contributed by atoms with Gasteiger partial charge in [-0.15, -0.1) is 0 Å². The van der Waals surface area contributed by atoms with E-state index in [1.807, 2.05) is 6.07 Å². The van der Waals surface area contributed by atoms with Crippen LogP contribution < -0.4 is 0 Å². The molecule has 0 saturated heterocycles. The van der Waals surface area contributed by atoms with Crippen LogP contribution in [0.3, 0.4) is 0 Å². The van der Waals surface area contributed by atoms with E-state index in [0.29, 0.717) is 11.1 Å². The Kier molecular flexibility index (Phi) is 3.21. The predicted molar refractivity (Wildman–Crippen MR) is 77.6 cm³/mol. The number of hydrogen-bond donors (Lipinski definition) is 1. The first-order valence-electron chi connectivity index (χ1n) is 7.30. The summed E-state index contributed by atoms with van der Waals surface area (Å²) in [6.45, 7) is 0. The Morgan fingerprint density at radius 1 is 1.19 bits per heavy atom. The first kappa shape index (κ1) is 13.7. The number of benzene rings is 1. The molecule has 3 rings (SSSR count). The van der Waals surface area contributed by atoms with Crippen LogP contribution in [0.1, 0.15) is 43.2 Å². The lowest BCUT2D eigenvalue weighted by Crippen LogP contribution is -2.48. The van der Waals surface area contributed by atoms with Gasteiger partial charge in [-0.2, -0.15) is 10.5 Å². The van der Waals surface area contributed by atoms with Crippen molar-refractivity contribution >= 4 is 0 Å². The number of aliphatic hydroxyl groups is 1.